The maximum absolute atomic E-state index is 11.5. The molecule has 1 aromatic carbocycles. The number of aromatic nitrogens is 3. The molecule has 2 aromatic heterocycles. The van der Waals surface area contributed by atoms with Gasteiger partial charge in [0.2, 0.25) is 5.91 Å². The van der Waals surface area contributed by atoms with E-state index in [0.717, 1.165) is 29.9 Å². The van der Waals surface area contributed by atoms with Crippen molar-refractivity contribution >= 4 is 11.7 Å². The summed E-state index contributed by atoms with van der Waals surface area (Å²) in [4.78, 5) is 22.8. The summed E-state index contributed by atoms with van der Waals surface area (Å²) in [6, 6.07) is 14.4. The van der Waals surface area contributed by atoms with Crippen LogP contribution in [-0.4, -0.2) is 39.7 Å². The molecule has 1 aliphatic rings. The average molecular weight is 391 g/mol. The van der Waals surface area contributed by atoms with Crippen LogP contribution in [0.3, 0.4) is 0 Å². The van der Waals surface area contributed by atoms with Crippen molar-refractivity contribution in [2.75, 3.05) is 11.4 Å². The molecule has 0 bridgehead atoms. The van der Waals surface area contributed by atoms with E-state index in [4.69, 9.17) is 4.52 Å². The minimum Gasteiger partial charge on any atom is -0.352 e. The first-order chi connectivity index (χ1) is 14.1. The Morgan fingerprint density at radius 1 is 1.21 bits per heavy atom. The van der Waals surface area contributed by atoms with E-state index >= 15 is 0 Å². The number of pyridine rings is 1. The monoisotopic (exact) mass is 391 g/mol. The zero-order valence-corrected chi connectivity index (χ0v) is 16.7. The lowest BCUT2D eigenvalue weighted by Crippen LogP contribution is -2.42. The second kappa shape index (κ2) is 8.43. The predicted molar refractivity (Wildman–Crippen MR) is 110 cm³/mol. The van der Waals surface area contributed by atoms with Gasteiger partial charge in [0, 0.05) is 37.7 Å². The third-order valence-electron chi connectivity index (χ3n) is 5.09. The van der Waals surface area contributed by atoms with Gasteiger partial charge in [-0.05, 0) is 38.0 Å². The van der Waals surface area contributed by atoms with E-state index < -0.39 is 0 Å². The summed E-state index contributed by atoms with van der Waals surface area (Å²) >= 11 is 0. The molecule has 1 N–H and O–H groups in total. The van der Waals surface area contributed by atoms with Gasteiger partial charge in [0.1, 0.15) is 5.82 Å². The van der Waals surface area contributed by atoms with Crippen LogP contribution >= 0.6 is 0 Å². The summed E-state index contributed by atoms with van der Waals surface area (Å²) in [5, 5.41) is 7.11. The van der Waals surface area contributed by atoms with E-state index in [1.54, 1.807) is 6.20 Å². The van der Waals surface area contributed by atoms with Gasteiger partial charge in [0.15, 0.2) is 5.82 Å². The first-order valence-electron chi connectivity index (χ1n) is 9.97. The maximum Gasteiger partial charge on any atom is 0.259 e. The summed E-state index contributed by atoms with van der Waals surface area (Å²) in [6.45, 7) is 5.00. The van der Waals surface area contributed by atoms with Crippen LogP contribution in [0.1, 0.15) is 38.1 Å². The number of nitrogens with one attached hydrogen (secondary N) is 1. The molecule has 0 spiro atoms. The molecule has 1 amide bonds. The van der Waals surface area contributed by atoms with Crippen molar-refractivity contribution in [2.45, 2.75) is 45.2 Å². The molecule has 29 heavy (non-hydrogen) atoms. The molecule has 7 heteroatoms. The SMILES string of the molecule is CC(C)N(CC1CCC(=O)N1)c1ccc(-c2nc(Cc3ccccc3)no2)cn1. The van der Waals surface area contributed by atoms with Gasteiger partial charge >= 0.3 is 0 Å². The Balaban J connectivity index is 1.46. The van der Waals surface area contributed by atoms with Crippen LogP contribution in [0.25, 0.3) is 11.5 Å². The quantitative estimate of drug-likeness (QED) is 0.666. The molecule has 3 aromatic rings. The molecule has 0 saturated carbocycles. The third kappa shape index (κ3) is 4.62. The fraction of sp³-hybridized carbons (Fsp3) is 0.364. The first kappa shape index (κ1) is 19.1. The Hall–Kier alpha value is -3.22. The molecule has 7 nitrogen and oxygen atoms in total. The first-order valence-corrected chi connectivity index (χ1v) is 9.97. The van der Waals surface area contributed by atoms with E-state index in [1.807, 2.05) is 42.5 Å². The maximum atomic E-state index is 11.5. The summed E-state index contributed by atoms with van der Waals surface area (Å²) in [5.41, 5.74) is 1.93. The highest BCUT2D eigenvalue weighted by Gasteiger charge is 2.25. The van der Waals surface area contributed by atoms with Crippen LogP contribution in [0.15, 0.2) is 53.2 Å². The molecule has 1 atom stereocenters. The molecular formula is C22H25N5O2. The topological polar surface area (TPSA) is 84.2 Å². The van der Waals surface area contributed by atoms with Gasteiger partial charge in [-0.2, -0.15) is 4.98 Å². The minimum absolute atomic E-state index is 0.129. The van der Waals surface area contributed by atoms with Gasteiger partial charge in [-0.15, -0.1) is 0 Å². The van der Waals surface area contributed by atoms with Crippen molar-refractivity contribution < 1.29 is 9.32 Å². The Morgan fingerprint density at radius 3 is 2.69 bits per heavy atom. The summed E-state index contributed by atoms with van der Waals surface area (Å²) in [5.74, 6) is 2.11. The van der Waals surface area contributed by atoms with Crippen molar-refractivity contribution in [2.24, 2.45) is 0 Å². The normalized spacial score (nSPS) is 16.2. The van der Waals surface area contributed by atoms with E-state index in [9.17, 15) is 4.79 Å². The predicted octanol–water partition coefficient (Wildman–Crippen LogP) is 3.22. The zero-order valence-electron chi connectivity index (χ0n) is 16.7. The molecule has 1 unspecified atom stereocenters. The number of carbonyl (C=O) groups is 1. The zero-order chi connectivity index (χ0) is 20.2. The standard InChI is InChI=1S/C22H25N5O2/c1-15(2)27(14-18-9-11-21(28)24-18)20-10-8-17(13-23-20)22-25-19(26-29-22)12-16-6-4-3-5-7-16/h3-8,10,13,15,18H,9,11-12,14H2,1-2H3,(H,24,28). The number of benzene rings is 1. The van der Waals surface area contributed by atoms with Gasteiger partial charge in [0.05, 0.1) is 5.56 Å². The van der Waals surface area contributed by atoms with E-state index in [2.05, 4.69) is 39.2 Å². The fourth-order valence-corrected chi connectivity index (χ4v) is 3.52. The highest BCUT2D eigenvalue weighted by atomic mass is 16.5. The van der Waals surface area contributed by atoms with Gasteiger partial charge in [-0.1, -0.05) is 35.5 Å². The van der Waals surface area contributed by atoms with Crippen LogP contribution in [-0.2, 0) is 11.2 Å². The Labute approximate surface area is 170 Å². The summed E-state index contributed by atoms with van der Waals surface area (Å²) < 4.78 is 5.43. The van der Waals surface area contributed by atoms with Gasteiger partial charge in [0.25, 0.3) is 5.89 Å². The molecular weight excluding hydrogens is 366 g/mol. The Morgan fingerprint density at radius 2 is 2.03 bits per heavy atom. The van der Waals surface area contributed by atoms with Crippen molar-refractivity contribution in [1.29, 1.82) is 0 Å². The van der Waals surface area contributed by atoms with Crippen molar-refractivity contribution in [3.05, 3.63) is 60.0 Å². The van der Waals surface area contributed by atoms with Crippen LogP contribution in [0.5, 0.6) is 0 Å². The van der Waals surface area contributed by atoms with Crippen molar-refractivity contribution in [3.63, 3.8) is 0 Å². The lowest BCUT2D eigenvalue weighted by atomic mass is 10.1. The van der Waals surface area contributed by atoms with Gasteiger partial charge in [-0.3, -0.25) is 4.79 Å². The molecule has 1 fully saturated rings. The lowest BCUT2D eigenvalue weighted by molar-refractivity contribution is -0.119. The highest BCUT2D eigenvalue weighted by molar-refractivity contribution is 5.78. The summed E-state index contributed by atoms with van der Waals surface area (Å²) in [7, 11) is 0. The lowest BCUT2D eigenvalue weighted by Gasteiger charge is -2.30. The number of anilines is 1. The summed E-state index contributed by atoms with van der Waals surface area (Å²) in [6.07, 6.45) is 3.86. The highest BCUT2D eigenvalue weighted by Crippen LogP contribution is 2.22. The van der Waals surface area contributed by atoms with Crippen molar-refractivity contribution in [3.8, 4) is 11.5 Å². The number of carbonyl (C=O) groups excluding carboxylic acids is 1. The van der Waals surface area contributed by atoms with Crippen LogP contribution in [0, 0.1) is 0 Å². The van der Waals surface area contributed by atoms with Crippen LogP contribution in [0.2, 0.25) is 0 Å². The number of amides is 1. The van der Waals surface area contributed by atoms with Crippen LogP contribution < -0.4 is 10.2 Å². The average Bonchev–Trinajstić information content (AvgIpc) is 3.36. The Kier molecular flexibility index (Phi) is 5.55. The smallest absolute Gasteiger partial charge is 0.259 e. The Bertz CT molecular complexity index is 953. The van der Waals surface area contributed by atoms with E-state index in [-0.39, 0.29) is 18.0 Å². The molecule has 3 heterocycles. The van der Waals surface area contributed by atoms with Crippen molar-refractivity contribution in [1.82, 2.24) is 20.4 Å². The van der Waals surface area contributed by atoms with Gasteiger partial charge < -0.3 is 14.7 Å². The molecule has 0 aliphatic carbocycles. The molecule has 1 saturated heterocycles. The number of rotatable bonds is 7. The second-order valence-electron chi connectivity index (χ2n) is 7.63. The largest absolute Gasteiger partial charge is 0.352 e. The molecule has 0 radical (unpaired) electrons. The van der Waals surface area contributed by atoms with E-state index in [0.29, 0.717) is 24.6 Å². The molecule has 1 aliphatic heterocycles. The second-order valence-corrected chi connectivity index (χ2v) is 7.63. The number of hydrogen-bond acceptors (Lipinski definition) is 6. The third-order valence-corrected chi connectivity index (χ3v) is 5.09. The van der Waals surface area contributed by atoms with Crippen LogP contribution in [0.4, 0.5) is 5.82 Å². The fourth-order valence-electron chi connectivity index (χ4n) is 3.52. The molecule has 4 rings (SSSR count). The van der Waals surface area contributed by atoms with Gasteiger partial charge in [-0.25, -0.2) is 4.98 Å². The minimum atomic E-state index is 0.129. The molecule has 150 valence electrons. The number of hydrogen-bond donors (Lipinski definition) is 1. The number of nitrogens with zero attached hydrogens (tertiary/aromatic N) is 4. The van der Waals surface area contributed by atoms with E-state index in [1.165, 1.54) is 0 Å².